The zero-order chi connectivity index (χ0) is 16.4. The monoisotopic (exact) mass is 326 g/mol. The van der Waals surface area contributed by atoms with E-state index in [-0.39, 0.29) is 11.2 Å². The van der Waals surface area contributed by atoms with Gasteiger partial charge in [0.2, 0.25) is 0 Å². The molecule has 1 aromatic carbocycles. The molecule has 0 unspecified atom stereocenters. The molecule has 1 heterocycles. The first-order valence-electron chi connectivity index (χ1n) is 7.62. The molecule has 0 aromatic heterocycles. The fourth-order valence-electron chi connectivity index (χ4n) is 2.11. The molecule has 22 heavy (non-hydrogen) atoms. The van der Waals surface area contributed by atoms with Crippen LogP contribution < -0.4 is 10.2 Å². The SMILES string of the molecule is CCOCCOc1ccc(B2OC(C)(C)C(C)(C)O2)cc1Cl. The molecule has 6 heteroatoms. The van der Waals surface area contributed by atoms with Crippen LogP contribution in [0.1, 0.15) is 34.6 Å². The van der Waals surface area contributed by atoms with Crippen LogP contribution in [-0.2, 0) is 14.0 Å². The molecule has 0 spiro atoms. The van der Waals surface area contributed by atoms with E-state index < -0.39 is 7.12 Å². The van der Waals surface area contributed by atoms with Gasteiger partial charge in [0, 0.05) is 6.61 Å². The highest BCUT2D eigenvalue weighted by atomic mass is 35.5. The Bertz CT molecular complexity index is 503. The van der Waals surface area contributed by atoms with Crippen molar-refractivity contribution in [3.63, 3.8) is 0 Å². The van der Waals surface area contributed by atoms with Gasteiger partial charge in [0.25, 0.3) is 0 Å². The van der Waals surface area contributed by atoms with E-state index in [9.17, 15) is 0 Å². The summed E-state index contributed by atoms with van der Waals surface area (Å²) < 4.78 is 22.9. The Morgan fingerprint density at radius 2 is 1.73 bits per heavy atom. The number of hydrogen-bond acceptors (Lipinski definition) is 4. The van der Waals surface area contributed by atoms with Gasteiger partial charge in [-0.15, -0.1) is 0 Å². The van der Waals surface area contributed by atoms with Crippen LogP contribution in [0.4, 0.5) is 0 Å². The van der Waals surface area contributed by atoms with Crippen LogP contribution in [0.2, 0.25) is 5.02 Å². The summed E-state index contributed by atoms with van der Waals surface area (Å²) in [5.74, 6) is 0.640. The van der Waals surface area contributed by atoms with Crippen molar-refractivity contribution in [2.45, 2.75) is 45.8 Å². The Kier molecular flexibility index (Phi) is 5.43. The normalized spacial score (nSPS) is 19.5. The van der Waals surface area contributed by atoms with Crippen LogP contribution >= 0.6 is 11.6 Å². The lowest BCUT2D eigenvalue weighted by atomic mass is 9.79. The van der Waals surface area contributed by atoms with Gasteiger partial charge in [0.1, 0.15) is 12.4 Å². The summed E-state index contributed by atoms with van der Waals surface area (Å²) in [7, 11) is -0.417. The lowest BCUT2D eigenvalue weighted by Crippen LogP contribution is -2.41. The third-order valence-corrected chi connectivity index (χ3v) is 4.47. The van der Waals surface area contributed by atoms with Crippen molar-refractivity contribution in [2.24, 2.45) is 0 Å². The standard InChI is InChI=1S/C16H24BClO4/c1-6-19-9-10-20-14-8-7-12(11-13(14)18)17-21-15(2,3)16(4,5)22-17/h7-8,11H,6,9-10H2,1-5H3. The largest absolute Gasteiger partial charge is 0.494 e. The zero-order valence-corrected chi connectivity index (χ0v) is 14.7. The van der Waals surface area contributed by atoms with E-state index in [0.717, 1.165) is 5.46 Å². The minimum atomic E-state index is -0.417. The summed E-state index contributed by atoms with van der Waals surface area (Å²) in [6, 6.07) is 5.60. The molecule has 0 bridgehead atoms. The van der Waals surface area contributed by atoms with E-state index in [4.69, 9.17) is 30.4 Å². The number of benzene rings is 1. The van der Waals surface area contributed by atoms with Crippen molar-refractivity contribution in [1.29, 1.82) is 0 Å². The highest BCUT2D eigenvalue weighted by Gasteiger charge is 2.51. The lowest BCUT2D eigenvalue weighted by molar-refractivity contribution is 0.00578. The number of halogens is 1. The second kappa shape index (κ2) is 6.79. The fourth-order valence-corrected chi connectivity index (χ4v) is 2.36. The summed E-state index contributed by atoms with van der Waals surface area (Å²) in [4.78, 5) is 0. The Balaban J connectivity index is 2.04. The molecule has 1 aliphatic rings. The van der Waals surface area contributed by atoms with Crippen molar-refractivity contribution in [2.75, 3.05) is 19.8 Å². The maximum Gasteiger partial charge on any atom is 0.494 e. The smallest absolute Gasteiger partial charge is 0.490 e. The van der Waals surface area contributed by atoms with Crippen LogP contribution in [0, 0.1) is 0 Å². The van der Waals surface area contributed by atoms with E-state index in [1.165, 1.54) is 0 Å². The van der Waals surface area contributed by atoms with Gasteiger partial charge in [-0.05, 0) is 52.2 Å². The quantitative estimate of drug-likeness (QED) is 0.595. The summed E-state index contributed by atoms with van der Waals surface area (Å²) in [5.41, 5.74) is 0.161. The lowest BCUT2D eigenvalue weighted by Gasteiger charge is -2.32. The zero-order valence-electron chi connectivity index (χ0n) is 13.9. The minimum absolute atomic E-state index is 0.364. The van der Waals surface area contributed by atoms with Gasteiger partial charge in [-0.3, -0.25) is 0 Å². The third-order valence-electron chi connectivity index (χ3n) is 4.17. The molecule has 1 aromatic rings. The van der Waals surface area contributed by atoms with Crippen LogP contribution in [0.25, 0.3) is 0 Å². The van der Waals surface area contributed by atoms with Crippen LogP contribution in [0.5, 0.6) is 5.75 Å². The van der Waals surface area contributed by atoms with E-state index in [1.807, 2.05) is 52.8 Å². The number of hydrogen-bond donors (Lipinski definition) is 0. The second-order valence-electron chi connectivity index (χ2n) is 6.32. The molecule has 1 fully saturated rings. The molecular weight excluding hydrogens is 302 g/mol. The average Bonchev–Trinajstić information content (AvgIpc) is 2.65. The van der Waals surface area contributed by atoms with Crippen molar-refractivity contribution >= 4 is 24.2 Å². The first kappa shape index (κ1) is 17.6. The summed E-state index contributed by atoms with van der Waals surface area (Å²) in [6.45, 7) is 11.8. The minimum Gasteiger partial charge on any atom is -0.490 e. The number of ether oxygens (including phenoxy) is 2. The molecule has 122 valence electrons. The Hall–Kier alpha value is -0.745. The predicted octanol–water partition coefficient (Wildman–Crippen LogP) is 3.05. The second-order valence-corrected chi connectivity index (χ2v) is 6.73. The molecular formula is C16H24BClO4. The third kappa shape index (κ3) is 3.77. The van der Waals surface area contributed by atoms with Gasteiger partial charge in [-0.1, -0.05) is 17.7 Å². The average molecular weight is 327 g/mol. The molecule has 0 N–H and O–H groups in total. The molecule has 0 radical (unpaired) electrons. The maximum atomic E-state index is 6.29. The Morgan fingerprint density at radius 1 is 1.09 bits per heavy atom. The van der Waals surface area contributed by atoms with Gasteiger partial charge in [-0.25, -0.2) is 0 Å². The molecule has 0 atom stereocenters. The highest BCUT2D eigenvalue weighted by molar-refractivity contribution is 6.62. The molecule has 1 saturated heterocycles. The summed E-state index contributed by atoms with van der Waals surface area (Å²) in [5, 5.41) is 0.545. The van der Waals surface area contributed by atoms with Crippen LogP contribution in [-0.4, -0.2) is 38.1 Å². The van der Waals surface area contributed by atoms with E-state index >= 15 is 0 Å². The molecule has 2 rings (SSSR count). The molecule has 0 saturated carbocycles. The van der Waals surface area contributed by atoms with Gasteiger partial charge >= 0.3 is 7.12 Å². The van der Waals surface area contributed by atoms with E-state index in [2.05, 4.69) is 0 Å². The van der Waals surface area contributed by atoms with Crippen molar-refractivity contribution < 1.29 is 18.8 Å². The summed E-state index contributed by atoms with van der Waals surface area (Å²) >= 11 is 6.29. The highest BCUT2D eigenvalue weighted by Crippen LogP contribution is 2.37. The molecule has 1 aliphatic heterocycles. The Morgan fingerprint density at radius 3 is 2.27 bits per heavy atom. The van der Waals surface area contributed by atoms with Crippen molar-refractivity contribution in [3.05, 3.63) is 23.2 Å². The first-order chi connectivity index (χ1) is 10.3. The van der Waals surface area contributed by atoms with E-state index in [0.29, 0.717) is 30.6 Å². The van der Waals surface area contributed by atoms with Gasteiger partial charge in [-0.2, -0.15) is 0 Å². The van der Waals surface area contributed by atoms with Gasteiger partial charge < -0.3 is 18.8 Å². The topological polar surface area (TPSA) is 36.9 Å². The molecule has 4 nitrogen and oxygen atoms in total. The predicted molar refractivity (Wildman–Crippen MR) is 89.2 cm³/mol. The van der Waals surface area contributed by atoms with Crippen molar-refractivity contribution in [3.8, 4) is 5.75 Å². The van der Waals surface area contributed by atoms with Crippen LogP contribution in [0.3, 0.4) is 0 Å². The maximum absolute atomic E-state index is 6.29. The first-order valence-corrected chi connectivity index (χ1v) is 8.00. The van der Waals surface area contributed by atoms with Crippen molar-refractivity contribution in [1.82, 2.24) is 0 Å². The Labute approximate surface area is 138 Å². The number of rotatable bonds is 6. The summed E-state index contributed by atoms with van der Waals surface area (Å²) in [6.07, 6.45) is 0. The fraction of sp³-hybridized carbons (Fsp3) is 0.625. The molecule has 0 amide bonds. The van der Waals surface area contributed by atoms with Crippen LogP contribution in [0.15, 0.2) is 18.2 Å². The van der Waals surface area contributed by atoms with Gasteiger partial charge in [0.15, 0.2) is 0 Å². The molecule has 0 aliphatic carbocycles. The van der Waals surface area contributed by atoms with E-state index in [1.54, 1.807) is 0 Å². The van der Waals surface area contributed by atoms with Gasteiger partial charge in [0.05, 0.1) is 22.8 Å².